The third-order valence-electron chi connectivity index (χ3n) is 4.50. The molecule has 0 saturated heterocycles. The zero-order chi connectivity index (χ0) is 19.6. The number of hydrogen-bond acceptors (Lipinski definition) is 4. The SMILES string of the molecule is Cc1cc2nc(C)c(CCC(=O)Nc3ccc(CC(N)=O)cc3)c(C)n2n1. The van der Waals surface area contributed by atoms with Gasteiger partial charge in [-0.3, -0.25) is 9.59 Å². The number of fused-ring (bicyclic) bond motifs is 1. The molecule has 0 fully saturated rings. The zero-order valence-electron chi connectivity index (χ0n) is 15.7. The van der Waals surface area contributed by atoms with E-state index in [-0.39, 0.29) is 18.2 Å². The Hall–Kier alpha value is -3.22. The monoisotopic (exact) mass is 365 g/mol. The van der Waals surface area contributed by atoms with Gasteiger partial charge in [0.15, 0.2) is 5.65 Å². The lowest BCUT2D eigenvalue weighted by atomic mass is 10.1. The number of aromatic nitrogens is 3. The van der Waals surface area contributed by atoms with Gasteiger partial charge in [-0.15, -0.1) is 0 Å². The minimum Gasteiger partial charge on any atom is -0.369 e. The van der Waals surface area contributed by atoms with E-state index in [0.29, 0.717) is 18.5 Å². The Balaban J connectivity index is 1.65. The molecule has 0 aliphatic rings. The van der Waals surface area contributed by atoms with Crippen molar-refractivity contribution >= 4 is 23.1 Å². The van der Waals surface area contributed by atoms with E-state index in [9.17, 15) is 9.59 Å². The normalized spacial score (nSPS) is 10.9. The van der Waals surface area contributed by atoms with Crippen molar-refractivity contribution in [3.05, 3.63) is 58.5 Å². The van der Waals surface area contributed by atoms with E-state index in [4.69, 9.17) is 5.73 Å². The molecule has 7 heteroatoms. The molecule has 7 nitrogen and oxygen atoms in total. The summed E-state index contributed by atoms with van der Waals surface area (Å²) in [4.78, 5) is 27.8. The van der Waals surface area contributed by atoms with Crippen LogP contribution in [0.15, 0.2) is 30.3 Å². The average Bonchev–Trinajstić information content (AvgIpc) is 2.96. The molecule has 3 aromatic rings. The Kier molecular flexibility index (Phi) is 5.21. The van der Waals surface area contributed by atoms with Crippen LogP contribution in [-0.2, 0) is 22.4 Å². The Bertz CT molecular complexity index is 1010. The molecule has 0 spiro atoms. The summed E-state index contributed by atoms with van der Waals surface area (Å²) in [5.41, 5.74) is 11.4. The number of carbonyl (C=O) groups is 2. The highest BCUT2D eigenvalue weighted by molar-refractivity contribution is 5.91. The van der Waals surface area contributed by atoms with Gasteiger partial charge in [0.25, 0.3) is 0 Å². The quantitative estimate of drug-likeness (QED) is 0.699. The van der Waals surface area contributed by atoms with Gasteiger partial charge < -0.3 is 11.1 Å². The number of rotatable bonds is 6. The highest BCUT2D eigenvalue weighted by atomic mass is 16.1. The molecule has 2 amide bonds. The Morgan fingerprint density at radius 2 is 1.85 bits per heavy atom. The van der Waals surface area contributed by atoms with Gasteiger partial charge in [-0.05, 0) is 50.5 Å². The summed E-state index contributed by atoms with van der Waals surface area (Å²) in [6.07, 6.45) is 1.12. The molecular formula is C20H23N5O2. The van der Waals surface area contributed by atoms with Crippen LogP contribution in [0.2, 0.25) is 0 Å². The largest absolute Gasteiger partial charge is 0.369 e. The van der Waals surface area contributed by atoms with Crippen LogP contribution in [0.4, 0.5) is 5.69 Å². The van der Waals surface area contributed by atoms with Crippen LogP contribution >= 0.6 is 0 Å². The Morgan fingerprint density at radius 1 is 1.15 bits per heavy atom. The van der Waals surface area contributed by atoms with Crippen LogP contribution < -0.4 is 11.1 Å². The van der Waals surface area contributed by atoms with Crippen LogP contribution in [0.5, 0.6) is 0 Å². The van der Waals surface area contributed by atoms with Crippen molar-refractivity contribution < 1.29 is 9.59 Å². The highest BCUT2D eigenvalue weighted by Crippen LogP contribution is 2.18. The second-order valence-electron chi connectivity index (χ2n) is 6.71. The van der Waals surface area contributed by atoms with Crippen molar-refractivity contribution in [2.75, 3.05) is 5.32 Å². The first kappa shape index (κ1) is 18.6. The number of nitrogens with two attached hydrogens (primary N) is 1. The number of carbonyl (C=O) groups excluding carboxylic acids is 2. The first-order valence-corrected chi connectivity index (χ1v) is 8.83. The van der Waals surface area contributed by atoms with Gasteiger partial charge in [0.2, 0.25) is 11.8 Å². The number of nitrogens with one attached hydrogen (secondary N) is 1. The summed E-state index contributed by atoms with van der Waals surface area (Å²) >= 11 is 0. The third kappa shape index (κ3) is 4.31. The highest BCUT2D eigenvalue weighted by Gasteiger charge is 2.13. The van der Waals surface area contributed by atoms with E-state index in [1.807, 2.05) is 31.4 Å². The molecule has 0 bridgehead atoms. The van der Waals surface area contributed by atoms with E-state index < -0.39 is 0 Å². The van der Waals surface area contributed by atoms with E-state index >= 15 is 0 Å². The van der Waals surface area contributed by atoms with Gasteiger partial charge in [-0.25, -0.2) is 9.50 Å². The lowest BCUT2D eigenvalue weighted by Gasteiger charge is -2.11. The van der Waals surface area contributed by atoms with Crippen molar-refractivity contribution in [2.45, 2.75) is 40.0 Å². The van der Waals surface area contributed by atoms with Crippen LogP contribution in [0.1, 0.15) is 34.6 Å². The molecule has 0 saturated carbocycles. The smallest absolute Gasteiger partial charge is 0.224 e. The topological polar surface area (TPSA) is 102 Å². The molecule has 140 valence electrons. The fourth-order valence-corrected chi connectivity index (χ4v) is 3.17. The molecule has 2 heterocycles. The van der Waals surface area contributed by atoms with E-state index in [1.54, 1.807) is 24.3 Å². The maximum absolute atomic E-state index is 12.3. The van der Waals surface area contributed by atoms with Crippen molar-refractivity contribution in [1.82, 2.24) is 14.6 Å². The standard InChI is InChI=1S/C20H23N5O2/c1-12-10-19-22-13(2)17(14(3)25(19)24-12)8-9-20(27)23-16-6-4-15(5-7-16)11-18(21)26/h4-7,10H,8-9,11H2,1-3H3,(H2,21,26)(H,23,27). The zero-order valence-corrected chi connectivity index (χ0v) is 15.7. The van der Waals surface area contributed by atoms with Gasteiger partial charge in [-0.1, -0.05) is 12.1 Å². The molecule has 2 aromatic heterocycles. The Labute approximate surface area is 157 Å². The predicted octanol–water partition coefficient (Wildman–Crippen LogP) is 2.25. The van der Waals surface area contributed by atoms with E-state index in [0.717, 1.165) is 33.9 Å². The number of primary amides is 1. The lowest BCUT2D eigenvalue weighted by molar-refractivity contribution is -0.117. The summed E-state index contributed by atoms with van der Waals surface area (Å²) < 4.78 is 1.83. The predicted molar refractivity (Wildman–Crippen MR) is 103 cm³/mol. The van der Waals surface area contributed by atoms with Gasteiger partial charge in [-0.2, -0.15) is 5.10 Å². The van der Waals surface area contributed by atoms with Crippen molar-refractivity contribution in [1.29, 1.82) is 0 Å². The molecule has 0 unspecified atom stereocenters. The molecule has 0 aliphatic carbocycles. The van der Waals surface area contributed by atoms with E-state index in [2.05, 4.69) is 15.4 Å². The fraction of sp³-hybridized carbons (Fsp3) is 0.300. The molecule has 3 rings (SSSR count). The van der Waals surface area contributed by atoms with Gasteiger partial charge in [0.1, 0.15) is 0 Å². The van der Waals surface area contributed by atoms with Crippen LogP contribution in [0, 0.1) is 20.8 Å². The second-order valence-corrected chi connectivity index (χ2v) is 6.71. The van der Waals surface area contributed by atoms with Gasteiger partial charge in [0, 0.05) is 29.6 Å². The number of hydrogen-bond donors (Lipinski definition) is 2. The Morgan fingerprint density at radius 3 is 2.52 bits per heavy atom. The molecule has 0 radical (unpaired) electrons. The maximum Gasteiger partial charge on any atom is 0.224 e. The van der Waals surface area contributed by atoms with Crippen LogP contribution in [-0.4, -0.2) is 26.4 Å². The molecule has 27 heavy (non-hydrogen) atoms. The van der Waals surface area contributed by atoms with Crippen molar-refractivity contribution in [3.63, 3.8) is 0 Å². The summed E-state index contributed by atoms with van der Waals surface area (Å²) in [7, 11) is 0. The molecule has 0 atom stereocenters. The van der Waals surface area contributed by atoms with Crippen molar-refractivity contribution in [2.24, 2.45) is 5.73 Å². The molecule has 3 N–H and O–H groups in total. The van der Waals surface area contributed by atoms with Crippen LogP contribution in [0.25, 0.3) is 5.65 Å². The molecule has 1 aromatic carbocycles. The van der Waals surface area contributed by atoms with Crippen LogP contribution in [0.3, 0.4) is 0 Å². The van der Waals surface area contributed by atoms with Gasteiger partial charge >= 0.3 is 0 Å². The maximum atomic E-state index is 12.3. The number of nitrogens with zero attached hydrogens (tertiary/aromatic N) is 3. The number of anilines is 1. The lowest BCUT2D eigenvalue weighted by Crippen LogP contribution is -2.15. The molecular weight excluding hydrogens is 342 g/mol. The summed E-state index contributed by atoms with van der Waals surface area (Å²) in [5, 5.41) is 7.33. The van der Waals surface area contributed by atoms with Gasteiger partial charge in [0.05, 0.1) is 12.1 Å². The minimum atomic E-state index is -0.379. The summed E-state index contributed by atoms with van der Waals surface area (Å²) in [5.74, 6) is -0.455. The number of benzene rings is 1. The van der Waals surface area contributed by atoms with E-state index in [1.165, 1.54) is 0 Å². The molecule has 0 aliphatic heterocycles. The first-order chi connectivity index (χ1) is 12.8. The number of aryl methyl sites for hydroxylation is 3. The minimum absolute atomic E-state index is 0.0757. The first-order valence-electron chi connectivity index (χ1n) is 8.83. The second kappa shape index (κ2) is 7.57. The fourth-order valence-electron chi connectivity index (χ4n) is 3.17. The average molecular weight is 365 g/mol. The summed E-state index contributed by atoms with van der Waals surface area (Å²) in [6, 6.07) is 9.05. The third-order valence-corrected chi connectivity index (χ3v) is 4.50. The van der Waals surface area contributed by atoms with Crippen molar-refractivity contribution in [3.8, 4) is 0 Å². The number of amides is 2. The summed E-state index contributed by atoms with van der Waals surface area (Å²) in [6.45, 7) is 5.89.